The average Bonchev–Trinajstić information content (AvgIpc) is 2.51. The van der Waals surface area contributed by atoms with E-state index in [9.17, 15) is 0 Å². The number of hydrogen-bond acceptors (Lipinski definition) is 1. The maximum atomic E-state index is 8.82. The maximum Gasteiger partial charge on any atom is 0.0642 e. The Balaban J connectivity index is 2.87. The van der Waals surface area contributed by atoms with Gasteiger partial charge in [-0.05, 0) is 37.6 Å². The van der Waals surface area contributed by atoms with Crippen molar-refractivity contribution in [1.29, 1.82) is 0 Å². The van der Waals surface area contributed by atoms with Gasteiger partial charge in [0.1, 0.15) is 0 Å². The van der Waals surface area contributed by atoms with Crippen LogP contribution < -0.4 is 0 Å². The molecule has 0 saturated heterocycles. The summed E-state index contributed by atoms with van der Waals surface area (Å²) in [6.45, 7) is 5.13. The lowest BCUT2D eigenvalue weighted by molar-refractivity contribution is 0.332. The summed E-state index contributed by atoms with van der Waals surface area (Å²) in [4.78, 5) is 0. The van der Waals surface area contributed by atoms with E-state index in [0.717, 1.165) is 17.8 Å². The quantitative estimate of drug-likeness (QED) is 0.727. The van der Waals surface area contributed by atoms with Gasteiger partial charge in [0.2, 0.25) is 0 Å². The van der Waals surface area contributed by atoms with Crippen LogP contribution in [0.25, 0.3) is 6.08 Å². The average molecular weight is 165 g/mol. The van der Waals surface area contributed by atoms with Crippen LogP contribution in [0.4, 0.5) is 0 Å². The molecule has 2 heteroatoms. The van der Waals surface area contributed by atoms with E-state index < -0.39 is 0 Å². The molecule has 0 saturated carbocycles. The van der Waals surface area contributed by atoms with Crippen LogP contribution in [0.2, 0.25) is 0 Å². The van der Waals surface area contributed by atoms with Gasteiger partial charge in [-0.25, -0.2) is 0 Å². The molecule has 0 atom stereocenters. The van der Waals surface area contributed by atoms with Gasteiger partial charge in [-0.3, -0.25) is 0 Å². The van der Waals surface area contributed by atoms with E-state index in [1.807, 2.05) is 31.3 Å². The molecule has 0 fully saturated rings. The van der Waals surface area contributed by atoms with Crippen molar-refractivity contribution in [2.75, 3.05) is 6.61 Å². The molecule has 0 aliphatic heterocycles. The summed E-state index contributed by atoms with van der Waals surface area (Å²) in [6, 6.07) is 4.06. The van der Waals surface area contributed by atoms with Gasteiger partial charge in [-0.15, -0.1) is 0 Å². The standard InChI is InChI=1S/C10H15NO/c1-3-11-6-4-5-10(11)7-9(2)8-12/h4-7,12H,3,8H2,1-2H3. The molecule has 0 aliphatic rings. The second-order valence-electron chi connectivity index (χ2n) is 2.87. The second kappa shape index (κ2) is 4.12. The molecule has 0 radical (unpaired) electrons. The highest BCUT2D eigenvalue weighted by molar-refractivity contribution is 5.49. The first-order chi connectivity index (χ1) is 5.77. The van der Waals surface area contributed by atoms with Gasteiger partial charge in [0.15, 0.2) is 0 Å². The predicted octanol–water partition coefficient (Wildman–Crippen LogP) is 1.90. The minimum atomic E-state index is 0.134. The van der Waals surface area contributed by atoms with Gasteiger partial charge in [0.05, 0.1) is 6.61 Å². The molecule has 0 aromatic carbocycles. The SMILES string of the molecule is CCn1cccc1C=C(C)CO. The summed E-state index contributed by atoms with van der Waals surface area (Å²) in [6.07, 6.45) is 4.04. The lowest BCUT2D eigenvalue weighted by Crippen LogP contribution is -1.95. The highest BCUT2D eigenvalue weighted by Crippen LogP contribution is 2.07. The van der Waals surface area contributed by atoms with Gasteiger partial charge in [0, 0.05) is 18.4 Å². The Kier molecular flexibility index (Phi) is 3.11. The highest BCUT2D eigenvalue weighted by atomic mass is 16.3. The Morgan fingerprint density at radius 2 is 2.42 bits per heavy atom. The summed E-state index contributed by atoms with van der Waals surface area (Å²) in [7, 11) is 0. The normalized spacial score (nSPS) is 12.1. The van der Waals surface area contributed by atoms with Crippen molar-refractivity contribution in [1.82, 2.24) is 4.57 Å². The van der Waals surface area contributed by atoms with Crippen LogP contribution in [0.1, 0.15) is 19.5 Å². The minimum Gasteiger partial charge on any atom is -0.392 e. The summed E-state index contributed by atoms with van der Waals surface area (Å²) in [5.74, 6) is 0. The number of aromatic nitrogens is 1. The molecule has 0 spiro atoms. The van der Waals surface area contributed by atoms with Crippen LogP contribution in [0.3, 0.4) is 0 Å². The van der Waals surface area contributed by atoms with Crippen LogP contribution in [-0.4, -0.2) is 16.3 Å². The largest absolute Gasteiger partial charge is 0.392 e. The Hall–Kier alpha value is -1.02. The number of rotatable bonds is 3. The van der Waals surface area contributed by atoms with Crippen LogP contribution in [0.5, 0.6) is 0 Å². The molecule has 1 N–H and O–H groups in total. The van der Waals surface area contributed by atoms with Gasteiger partial charge in [0.25, 0.3) is 0 Å². The van der Waals surface area contributed by atoms with Gasteiger partial charge < -0.3 is 9.67 Å². The number of aryl methyl sites for hydroxylation is 1. The molecule has 1 heterocycles. The second-order valence-corrected chi connectivity index (χ2v) is 2.87. The lowest BCUT2D eigenvalue weighted by atomic mass is 10.2. The molecule has 0 aliphatic carbocycles. The van der Waals surface area contributed by atoms with E-state index in [-0.39, 0.29) is 6.61 Å². The van der Waals surface area contributed by atoms with E-state index in [2.05, 4.69) is 11.5 Å². The molecule has 12 heavy (non-hydrogen) atoms. The number of nitrogens with zero attached hydrogens (tertiary/aromatic N) is 1. The van der Waals surface area contributed by atoms with Crippen LogP contribution >= 0.6 is 0 Å². The van der Waals surface area contributed by atoms with E-state index in [4.69, 9.17) is 5.11 Å². The van der Waals surface area contributed by atoms with E-state index in [0.29, 0.717) is 0 Å². The Bertz CT molecular complexity index is 273. The summed E-state index contributed by atoms with van der Waals surface area (Å²) in [5, 5.41) is 8.82. The Morgan fingerprint density at radius 3 is 3.00 bits per heavy atom. The third-order valence-corrected chi connectivity index (χ3v) is 1.85. The smallest absolute Gasteiger partial charge is 0.0642 e. The minimum absolute atomic E-state index is 0.134. The first kappa shape index (κ1) is 9.07. The first-order valence-electron chi connectivity index (χ1n) is 4.21. The van der Waals surface area contributed by atoms with Crippen molar-refractivity contribution >= 4 is 6.08 Å². The summed E-state index contributed by atoms with van der Waals surface area (Å²) < 4.78 is 2.14. The van der Waals surface area contributed by atoms with Gasteiger partial charge in [-0.2, -0.15) is 0 Å². The van der Waals surface area contributed by atoms with E-state index in [1.165, 1.54) is 0 Å². The fraction of sp³-hybridized carbons (Fsp3) is 0.400. The zero-order chi connectivity index (χ0) is 8.97. The summed E-state index contributed by atoms with van der Waals surface area (Å²) in [5.41, 5.74) is 2.15. The molecule has 1 rings (SSSR count). The molecule has 0 unspecified atom stereocenters. The van der Waals surface area contributed by atoms with Crippen molar-refractivity contribution in [3.63, 3.8) is 0 Å². The topological polar surface area (TPSA) is 25.2 Å². The lowest BCUT2D eigenvalue weighted by Gasteiger charge is -2.02. The maximum absolute atomic E-state index is 8.82. The Labute approximate surface area is 73.1 Å². The van der Waals surface area contributed by atoms with E-state index in [1.54, 1.807) is 0 Å². The number of aliphatic hydroxyl groups excluding tert-OH is 1. The van der Waals surface area contributed by atoms with Crippen molar-refractivity contribution in [3.8, 4) is 0 Å². The van der Waals surface area contributed by atoms with Crippen molar-refractivity contribution in [2.45, 2.75) is 20.4 Å². The van der Waals surface area contributed by atoms with Crippen LogP contribution in [-0.2, 0) is 6.54 Å². The fourth-order valence-corrected chi connectivity index (χ4v) is 1.14. The van der Waals surface area contributed by atoms with Crippen LogP contribution in [0, 0.1) is 0 Å². The van der Waals surface area contributed by atoms with Gasteiger partial charge >= 0.3 is 0 Å². The predicted molar refractivity (Wildman–Crippen MR) is 50.8 cm³/mol. The number of hydrogen-bond donors (Lipinski definition) is 1. The van der Waals surface area contributed by atoms with Crippen LogP contribution in [0.15, 0.2) is 23.9 Å². The number of aliphatic hydroxyl groups is 1. The monoisotopic (exact) mass is 165 g/mol. The first-order valence-corrected chi connectivity index (χ1v) is 4.21. The van der Waals surface area contributed by atoms with Crippen molar-refractivity contribution in [3.05, 3.63) is 29.6 Å². The zero-order valence-corrected chi connectivity index (χ0v) is 7.62. The third-order valence-electron chi connectivity index (χ3n) is 1.85. The molecular weight excluding hydrogens is 150 g/mol. The molecule has 1 aromatic heterocycles. The zero-order valence-electron chi connectivity index (χ0n) is 7.62. The third kappa shape index (κ3) is 1.98. The molecule has 2 nitrogen and oxygen atoms in total. The molecule has 0 bridgehead atoms. The van der Waals surface area contributed by atoms with Crippen molar-refractivity contribution in [2.24, 2.45) is 0 Å². The van der Waals surface area contributed by atoms with E-state index >= 15 is 0 Å². The van der Waals surface area contributed by atoms with Crippen molar-refractivity contribution < 1.29 is 5.11 Å². The highest BCUT2D eigenvalue weighted by Gasteiger charge is 1.94. The fourth-order valence-electron chi connectivity index (χ4n) is 1.14. The molecule has 66 valence electrons. The summed E-state index contributed by atoms with van der Waals surface area (Å²) >= 11 is 0. The molecule has 1 aromatic rings. The molecular formula is C10H15NO. The van der Waals surface area contributed by atoms with Gasteiger partial charge in [-0.1, -0.05) is 0 Å². The molecule has 0 amide bonds. The Morgan fingerprint density at radius 1 is 1.67 bits per heavy atom.